The number of nitrogens with zero attached hydrogens (tertiary/aromatic N) is 3. The number of rotatable bonds is 7. The van der Waals surface area contributed by atoms with E-state index in [9.17, 15) is 13.6 Å². The van der Waals surface area contributed by atoms with Gasteiger partial charge in [-0.1, -0.05) is 13.0 Å². The van der Waals surface area contributed by atoms with Gasteiger partial charge in [0.1, 0.15) is 11.6 Å². The Bertz CT molecular complexity index is 709. The number of amides is 1. The van der Waals surface area contributed by atoms with Crippen LogP contribution in [0.2, 0.25) is 0 Å². The van der Waals surface area contributed by atoms with Gasteiger partial charge in [0, 0.05) is 58.3 Å². The molecule has 6 nitrogen and oxygen atoms in total. The first-order valence-corrected chi connectivity index (χ1v) is 10.2. The monoisotopic (exact) mass is 537 g/mol. The number of likely N-dealkylation sites (tertiary alicyclic amines) is 1. The second-order valence-electron chi connectivity index (χ2n) is 7.77. The van der Waals surface area contributed by atoms with Crippen molar-refractivity contribution < 1.29 is 13.6 Å². The van der Waals surface area contributed by atoms with Gasteiger partial charge in [-0.15, -0.1) is 24.0 Å². The van der Waals surface area contributed by atoms with Gasteiger partial charge in [-0.05, 0) is 31.4 Å². The normalized spacial score (nSPS) is 16.5. The van der Waals surface area contributed by atoms with Crippen LogP contribution in [-0.4, -0.2) is 74.5 Å². The van der Waals surface area contributed by atoms with Crippen LogP contribution in [0.4, 0.5) is 8.78 Å². The molecular formula is C21H34F2IN5O. The van der Waals surface area contributed by atoms with Crippen molar-refractivity contribution in [3.63, 3.8) is 0 Å². The summed E-state index contributed by atoms with van der Waals surface area (Å²) in [6.07, 6.45) is 1.85. The highest BCUT2D eigenvalue weighted by Gasteiger charge is 2.22. The van der Waals surface area contributed by atoms with E-state index in [1.54, 1.807) is 19.0 Å². The summed E-state index contributed by atoms with van der Waals surface area (Å²) in [4.78, 5) is 20.2. The van der Waals surface area contributed by atoms with E-state index in [2.05, 4.69) is 20.5 Å². The largest absolute Gasteiger partial charge is 0.357 e. The Morgan fingerprint density at radius 1 is 1.30 bits per heavy atom. The Hall–Kier alpha value is -1.49. The lowest BCUT2D eigenvalue weighted by Gasteiger charge is -2.33. The van der Waals surface area contributed by atoms with Crippen molar-refractivity contribution in [2.24, 2.45) is 4.99 Å². The molecule has 0 aromatic heterocycles. The van der Waals surface area contributed by atoms with Crippen molar-refractivity contribution >= 4 is 35.8 Å². The van der Waals surface area contributed by atoms with E-state index in [4.69, 9.17) is 0 Å². The molecule has 1 amide bonds. The molecule has 1 aliphatic heterocycles. The number of guanidine groups is 1. The Morgan fingerprint density at radius 3 is 2.53 bits per heavy atom. The average molecular weight is 537 g/mol. The summed E-state index contributed by atoms with van der Waals surface area (Å²) in [5, 5.41) is 6.68. The van der Waals surface area contributed by atoms with E-state index in [-0.39, 0.29) is 41.8 Å². The first-order chi connectivity index (χ1) is 13.8. The maximum absolute atomic E-state index is 14.0. The van der Waals surface area contributed by atoms with Gasteiger partial charge in [0.2, 0.25) is 5.91 Å². The van der Waals surface area contributed by atoms with Gasteiger partial charge >= 0.3 is 0 Å². The fourth-order valence-electron chi connectivity index (χ4n) is 3.31. The summed E-state index contributed by atoms with van der Waals surface area (Å²) in [6, 6.07) is 3.94. The number of aliphatic imine (C=N–C) groups is 1. The minimum Gasteiger partial charge on any atom is -0.357 e. The molecule has 1 saturated heterocycles. The maximum atomic E-state index is 14.0. The zero-order valence-electron chi connectivity index (χ0n) is 18.3. The minimum absolute atomic E-state index is 0. The number of nitrogens with one attached hydrogen (secondary N) is 2. The molecule has 1 heterocycles. The summed E-state index contributed by atoms with van der Waals surface area (Å²) < 4.78 is 27.1. The fourth-order valence-corrected chi connectivity index (χ4v) is 3.31. The summed E-state index contributed by atoms with van der Waals surface area (Å²) in [5.41, 5.74) is 0.463. The highest BCUT2D eigenvalue weighted by molar-refractivity contribution is 14.0. The second-order valence-corrected chi connectivity index (χ2v) is 7.77. The molecule has 0 spiro atoms. The summed E-state index contributed by atoms with van der Waals surface area (Å²) in [5.74, 6) is -0.455. The lowest BCUT2D eigenvalue weighted by atomic mass is 10.0. The number of hydrogen-bond donors (Lipinski definition) is 2. The summed E-state index contributed by atoms with van der Waals surface area (Å²) in [7, 11) is 3.54. The molecule has 1 aromatic carbocycles. The van der Waals surface area contributed by atoms with Crippen molar-refractivity contribution in [3.8, 4) is 0 Å². The van der Waals surface area contributed by atoms with E-state index < -0.39 is 11.6 Å². The Morgan fingerprint density at radius 2 is 1.97 bits per heavy atom. The Kier molecular flexibility index (Phi) is 11.5. The van der Waals surface area contributed by atoms with Crippen LogP contribution in [0.5, 0.6) is 0 Å². The number of halogens is 3. The molecule has 1 unspecified atom stereocenters. The van der Waals surface area contributed by atoms with Crippen LogP contribution in [0.1, 0.15) is 38.2 Å². The number of carbonyl (C=O) groups excluding carboxylic acids is 1. The first-order valence-electron chi connectivity index (χ1n) is 10.2. The standard InChI is InChI=1S/C21H33F2N5O.HI/c1-5-24-21(25-13-15(2)18-7-6-16(22)12-19(18)23)26-17-8-10-28(11-9-17)14-20(29)27(3)4;/h6-7,12,15,17H,5,8-11,13-14H2,1-4H3,(H2,24,25,26);1H. The SMILES string of the molecule is CCNC(=NCC(C)c1ccc(F)cc1F)NC1CCN(CC(=O)N(C)C)CC1.I. The van der Waals surface area contributed by atoms with Crippen molar-refractivity contribution in [2.45, 2.75) is 38.6 Å². The fraction of sp³-hybridized carbons (Fsp3) is 0.619. The predicted octanol–water partition coefficient (Wildman–Crippen LogP) is 2.79. The molecule has 2 N–H and O–H groups in total. The van der Waals surface area contributed by atoms with Gasteiger partial charge in [-0.2, -0.15) is 0 Å². The molecule has 1 aliphatic rings. The molecule has 0 radical (unpaired) electrons. The molecular weight excluding hydrogens is 503 g/mol. The van der Waals surface area contributed by atoms with Crippen LogP contribution in [0, 0.1) is 11.6 Å². The molecule has 30 heavy (non-hydrogen) atoms. The molecule has 0 aliphatic carbocycles. The topological polar surface area (TPSA) is 60.0 Å². The smallest absolute Gasteiger partial charge is 0.236 e. The number of benzene rings is 1. The molecule has 0 bridgehead atoms. The molecule has 2 rings (SSSR count). The van der Waals surface area contributed by atoms with Crippen LogP contribution in [0.25, 0.3) is 0 Å². The zero-order valence-corrected chi connectivity index (χ0v) is 20.6. The van der Waals surface area contributed by atoms with Crippen LogP contribution >= 0.6 is 24.0 Å². The Labute approximate surface area is 195 Å². The third kappa shape index (κ3) is 8.33. The van der Waals surface area contributed by atoms with Gasteiger partial charge in [0.15, 0.2) is 5.96 Å². The maximum Gasteiger partial charge on any atom is 0.236 e. The van der Waals surface area contributed by atoms with Crippen molar-refractivity contribution in [1.29, 1.82) is 0 Å². The quantitative estimate of drug-likeness (QED) is 0.319. The molecule has 9 heteroatoms. The minimum atomic E-state index is -0.574. The summed E-state index contributed by atoms with van der Waals surface area (Å²) >= 11 is 0. The number of carbonyl (C=O) groups is 1. The van der Waals surface area contributed by atoms with Crippen LogP contribution in [-0.2, 0) is 4.79 Å². The van der Waals surface area contributed by atoms with Crippen LogP contribution < -0.4 is 10.6 Å². The molecule has 0 saturated carbocycles. The third-order valence-electron chi connectivity index (χ3n) is 5.15. The van der Waals surface area contributed by atoms with Crippen LogP contribution in [0.15, 0.2) is 23.2 Å². The lowest BCUT2D eigenvalue weighted by molar-refractivity contribution is -0.130. The predicted molar refractivity (Wildman–Crippen MR) is 127 cm³/mol. The van der Waals surface area contributed by atoms with E-state index in [0.717, 1.165) is 38.5 Å². The van der Waals surface area contributed by atoms with Gasteiger partial charge < -0.3 is 15.5 Å². The van der Waals surface area contributed by atoms with Gasteiger partial charge in [0.25, 0.3) is 0 Å². The highest BCUT2D eigenvalue weighted by atomic mass is 127. The molecule has 1 fully saturated rings. The Balaban J connectivity index is 0.00000450. The lowest BCUT2D eigenvalue weighted by Crippen LogP contribution is -2.50. The van der Waals surface area contributed by atoms with Gasteiger partial charge in [0.05, 0.1) is 6.54 Å². The van der Waals surface area contributed by atoms with E-state index in [0.29, 0.717) is 24.6 Å². The second kappa shape index (κ2) is 13.0. The number of hydrogen-bond acceptors (Lipinski definition) is 3. The summed E-state index contributed by atoms with van der Waals surface area (Å²) in [6.45, 7) is 7.16. The average Bonchev–Trinajstić information content (AvgIpc) is 2.67. The number of piperidine rings is 1. The number of likely N-dealkylation sites (N-methyl/N-ethyl adjacent to an activating group) is 1. The van der Waals surface area contributed by atoms with E-state index >= 15 is 0 Å². The molecule has 1 atom stereocenters. The van der Waals surface area contributed by atoms with Crippen molar-refractivity contribution in [2.75, 3.05) is 46.8 Å². The van der Waals surface area contributed by atoms with Gasteiger partial charge in [-0.3, -0.25) is 14.7 Å². The van der Waals surface area contributed by atoms with Crippen molar-refractivity contribution in [1.82, 2.24) is 20.4 Å². The van der Waals surface area contributed by atoms with Gasteiger partial charge in [-0.25, -0.2) is 8.78 Å². The molecule has 170 valence electrons. The third-order valence-corrected chi connectivity index (χ3v) is 5.15. The van der Waals surface area contributed by atoms with E-state index in [1.807, 2.05) is 13.8 Å². The van der Waals surface area contributed by atoms with E-state index in [1.165, 1.54) is 12.1 Å². The van der Waals surface area contributed by atoms with Crippen LogP contribution in [0.3, 0.4) is 0 Å². The highest BCUT2D eigenvalue weighted by Crippen LogP contribution is 2.20. The molecule has 1 aromatic rings. The van der Waals surface area contributed by atoms with Crippen molar-refractivity contribution in [3.05, 3.63) is 35.4 Å². The first kappa shape index (κ1) is 26.5. The zero-order chi connectivity index (χ0) is 21.4.